The average Bonchev–Trinajstić information content (AvgIpc) is 2.37. The average molecular weight is 317 g/mol. The zero-order valence-corrected chi connectivity index (χ0v) is 12.8. The van der Waals surface area contributed by atoms with E-state index in [9.17, 15) is 18.5 Å². The maximum atomic E-state index is 10.9. The minimum Gasteiger partial charge on any atom is -0.487 e. The van der Waals surface area contributed by atoms with Crippen molar-refractivity contribution in [1.82, 2.24) is 4.72 Å². The summed E-state index contributed by atoms with van der Waals surface area (Å²) in [7, 11) is -3.17. The van der Waals surface area contributed by atoms with Gasteiger partial charge in [-0.05, 0) is 19.4 Å². The number of hydrogen-bond acceptors (Lipinski definition) is 6. The smallest absolute Gasteiger partial charge is 0.311 e. The molecule has 0 saturated heterocycles. The van der Waals surface area contributed by atoms with Gasteiger partial charge in [0.05, 0.1) is 17.8 Å². The van der Waals surface area contributed by atoms with Crippen molar-refractivity contribution in [2.75, 3.05) is 31.3 Å². The Labute approximate surface area is 123 Å². The van der Waals surface area contributed by atoms with Crippen molar-refractivity contribution in [3.05, 3.63) is 28.3 Å². The molecule has 0 atom stereocenters. The Morgan fingerprint density at radius 3 is 2.62 bits per heavy atom. The second kappa shape index (κ2) is 7.79. The van der Waals surface area contributed by atoms with E-state index in [-0.39, 0.29) is 11.4 Å². The third-order valence-corrected chi connectivity index (χ3v) is 3.23. The Balaban J connectivity index is 2.56. The molecule has 0 aliphatic rings. The molecule has 0 radical (unpaired) electrons. The van der Waals surface area contributed by atoms with Gasteiger partial charge in [0.1, 0.15) is 0 Å². The first-order valence-corrected chi connectivity index (χ1v) is 8.32. The van der Waals surface area contributed by atoms with E-state index < -0.39 is 14.9 Å². The van der Waals surface area contributed by atoms with Gasteiger partial charge in [-0.1, -0.05) is 0 Å². The van der Waals surface area contributed by atoms with Gasteiger partial charge < -0.3 is 10.1 Å². The summed E-state index contributed by atoms with van der Waals surface area (Å²) in [6, 6.07) is 4.53. The maximum Gasteiger partial charge on any atom is 0.311 e. The number of anilines is 1. The summed E-state index contributed by atoms with van der Waals surface area (Å²) >= 11 is 0. The van der Waals surface area contributed by atoms with E-state index in [0.717, 1.165) is 6.26 Å². The van der Waals surface area contributed by atoms with Crippen LogP contribution in [0.15, 0.2) is 18.2 Å². The third kappa shape index (κ3) is 6.41. The van der Waals surface area contributed by atoms with Gasteiger partial charge in [0, 0.05) is 30.9 Å². The third-order valence-electron chi connectivity index (χ3n) is 2.50. The minimum atomic E-state index is -3.17. The van der Waals surface area contributed by atoms with Crippen molar-refractivity contribution in [3.63, 3.8) is 0 Å². The monoisotopic (exact) mass is 317 g/mol. The largest absolute Gasteiger partial charge is 0.487 e. The highest BCUT2D eigenvalue weighted by Crippen LogP contribution is 2.29. The fourth-order valence-corrected chi connectivity index (χ4v) is 2.14. The molecule has 0 aromatic heterocycles. The Hall–Kier alpha value is -1.87. The van der Waals surface area contributed by atoms with Crippen molar-refractivity contribution in [1.29, 1.82) is 0 Å². The van der Waals surface area contributed by atoms with E-state index in [1.807, 2.05) is 0 Å². The van der Waals surface area contributed by atoms with Crippen LogP contribution in [0, 0.1) is 10.1 Å². The SMILES string of the molecule is CCOc1cc(NCCCNS(C)(=O)=O)ccc1[N+](=O)[O-]. The normalized spacial score (nSPS) is 11.1. The summed E-state index contributed by atoms with van der Waals surface area (Å²) in [6.45, 7) is 2.95. The number of nitrogens with one attached hydrogen (secondary N) is 2. The lowest BCUT2D eigenvalue weighted by Gasteiger charge is -2.09. The number of sulfonamides is 1. The molecule has 1 aromatic carbocycles. The summed E-state index contributed by atoms with van der Waals surface area (Å²) < 4.78 is 29.4. The first-order chi connectivity index (χ1) is 9.83. The predicted molar refractivity (Wildman–Crippen MR) is 80.2 cm³/mol. The van der Waals surface area contributed by atoms with Crippen LogP contribution < -0.4 is 14.8 Å². The summed E-state index contributed by atoms with van der Waals surface area (Å²) in [5, 5.41) is 13.9. The van der Waals surface area contributed by atoms with Crippen LogP contribution in [0.1, 0.15) is 13.3 Å². The van der Waals surface area contributed by atoms with Crippen LogP contribution in [-0.2, 0) is 10.0 Å². The van der Waals surface area contributed by atoms with E-state index in [0.29, 0.717) is 31.8 Å². The first kappa shape index (κ1) is 17.2. The number of nitro groups is 1. The second-order valence-electron chi connectivity index (χ2n) is 4.32. The molecule has 2 N–H and O–H groups in total. The molecule has 9 heteroatoms. The van der Waals surface area contributed by atoms with Gasteiger partial charge in [0.25, 0.3) is 0 Å². The zero-order valence-electron chi connectivity index (χ0n) is 12.0. The standard InChI is InChI=1S/C12H19N3O5S/c1-3-20-12-9-10(5-6-11(12)15(16)17)13-7-4-8-14-21(2,18)19/h5-6,9,13-14H,3-4,7-8H2,1-2H3. The molecule has 0 heterocycles. The highest BCUT2D eigenvalue weighted by Gasteiger charge is 2.15. The molecule has 118 valence electrons. The highest BCUT2D eigenvalue weighted by molar-refractivity contribution is 7.88. The summed E-state index contributed by atoms with van der Waals surface area (Å²) in [5.41, 5.74) is 0.601. The van der Waals surface area contributed by atoms with Gasteiger partial charge in [-0.2, -0.15) is 0 Å². The van der Waals surface area contributed by atoms with Crippen LogP contribution in [0.25, 0.3) is 0 Å². The fraction of sp³-hybridized carbons (Fsp3) is 0.500. The van der Waals surface area contributed by atoms with Crippen LogP contribution >= 0.6 is 0 Å². The molecule has 0 spiro atoms. The second-order valence-corrected chi connectivity index (χ2v) is 6.15. The molecule has 0 aliphatic carbocycles. The van der Waals surface area contributed by atoms with Gasteiger partial charge in [-0.3, -0.25) is 10.1 Å². The molecule has 0 saturated carbocycles. The number of benzene rings is 1. The minimum absolute atomic E-state index is 0.0823. The van der Waals surface area contributed by atoms with Gasteiger partial charge in [-0.25, -0.2) is 13.1 Å². The molecule has 1 aromatic rings. The van der Waals surface area contributed by atoms with Gasteiger partial charge in [-0.15, -0.1) is 0 Å². The maximum absolute atomic E-state index is 10.9. The molecule has 1 rings (SSSR count). The number of hydrogen-bond donors (Lipinski definition) is 2. The van der Waals surface area contributed by atoms with Crippen LogP contribution in [0.2, 0.25) is 0 Å². The molecule has 0 unspecified atom stereocenters. The number of nitro benzene ring substituents is 1. The Morgan fingerprint density at radius 2 is 2.05 bits per heavy atom. The van der Waals surface area contributed by atoms with Crippen LogP contribution in [0.5, 0.6) is 5.75 Å². The van der Waals surface area contributed by atoms with Gasteiger partial charge in [0.2, 0.25) is 10.0 Å². The lowest BCUT2D eigenvalue weighted by atomic mass is 10.2. The zero-order chi connectivity index (χ0) is 15.9. The van der Waals surface area contributed by atoms with E-state index in [1.54, 1.807) is 19.1 Å². The first-order valence-electron chi connectivity index (χ1n) is 6.43. The van der Waals surface area contributed by atoms with E-state index in [2.05, 4.69) is 10.0 Å². The lowest BCUT2D eigenvalue weighted by Crippen LogP contribution is -2.24. The Bertz CT molecular complexity index is 589. The topological polar surface area (TPSA) is 111 Å². The number of nitrogens with zero attached hydrogens (tertiary/aromatic N) is 1. The lowest BCUT2D eigenvalue weighted by molar-refractivity contribution is -0.385. The van der Waals surface area contributed by atoms with E-state index in [1.165, 1.54) is 6.07 Å². The molecular weight excluding hydrogens is 298 g/mol. The molecule has 8 nitrogen and oxygen atoms in total. The van der Waals surface area contributed by atoms with Crippen molar-refractivity contribution in [2.24, 2.45) is 0 Å². The van der Waals surface area contributed by atoms with Crippen molar-refractivity contribution < 1.29 is 18.1 Å². The molecular formula is C12H19N3O5S. The van der Waals surface area contributed by atoms with E-state index in [4.69, 9.17) is 4.74 Å². The van der Waals surface area contributed by atoms with Gasteiger partial charge >= 0.3 is 5.69 Å². The Morgan fingerprint density at radius 1 is 1.33 bits per heavy atom. The number of rotatable bonds is 9. The predicted octanol–water partition coefficient (Wildman–Crippen LogP) is 1.34. The Kier molecular flexibility index (Phi) is 6.38. The fourth-order valence-electron chi connectivity index (χ4n) is 1.62. The quantitative estimate of drug-likeness (QED) is 0.404. The summed E-state index contributed by atoms with van der Waals surface area (Å²) in [4.78, 5) is 10.3. The van der Waals surface area contributed by atoms with Crippen LogP contribution in [-0.4, -0.2) is 39.3 Å². The van der Waals surface area contributed by atoms with Crippen molar-refractivity contribution in [2.45, 2.75) is 13.3 Å². The molecule has 0 aliphatic heterocycles. The molecule has 21 heavy (non-hydrogen) atoms. The summed E-state index contributed by atoms with van der Waals surface area (Å²) in [6.07, 6.45) is 1.69. The highest BCUT2D eigenvalue weighted by atomic mass is 32.2. The van der Waals surface area contributed by atoms with Gasteiger partial charge in [0.15, 0.2) is 5.75 Å². The molecule has 0 fully saturated rings. The van der Waals surface area contributed by atoms with E-state index >= 15 is 0 Å². The van der Waals surface area contributed by atoms with Crippen molar-refractivity contribution in [3.8, 4) is 5.75 Å². The number of ether oxygens (including phenoxy) is 1. The van der Waals surface area contributed by atoms with Crippen LogP contribution in [0.4, 0.5) is 11.4 Å². The summed E-state index contributed by atoms with van der Waals surface area (Å²) in [5.74, 6) is 0.210. The molecule has 0 amide bonds. The van der Waals surface area contributed by atoms with Crippen LogP contribution in [0.3, 0.4) is 0 Å². The molecule has 0 bridgehead atoms. The van der Waals surface area contributed by atoms with Crippen molar-refractivity contribution >= 4 is 21.4 Å².